The monoisotopic (exact) mass is 420 g/mol. The van der Waals surface area contributed by atoms with Crippen molar-refractivity contribution < 1.29 is 9.90 Å². The molecule has 0 spiro atoms. The summed E-state index contributed by atoms with van der Waals surface area (Å²) in [6.07, 6.45) is 14.5. The van der Waals surface area contributed by atoms with E-state index < -0.39 is 5.60 Å². The average molecular weight is 421 g/mol. The fourth-order valence-electron chi connectivity index (χ4n) is 8.91. The van der Waals surface area contributed by atoms with Gasteiger partial charge < -0.3 is 5.11 Å². The molecule has 0 radical (unpaired) electrons. The summed E-state index contributed by atoms with van der Waals surface area (Å²) in [7, 11) is 0. The third-order valence-electron chi connectivity index (χ3n) is 10.6. The van der Waals surface area contributed by atoms with Crippen LogP contribution in [0.5, 0.6) is 0 Å². The van der Waals surface area contributed by atoms with Crippen LogP contribution >= 0.6 is 0 Å². The third-order valence-corrected chi connectivity index (χ3v) is 10.6. The van der Waals surface area contributed by atoms with Gasteiger partial charge >= 0.3 is 0 Å². The van der Waals surface area contributed by atoms with Crippen molar-refractivity contribution in [2.75, 3.05) is 0 Å². The molecule has 2 nitrogen and oxygen atoms in total. The van der Waals surface area contributed by atoms with Crippen molar-refractivity contribution in [3.8, 4) is 0 Å². The molecule has 8 atom stereocenters. The number of aliphatic hydroxyl groups is 1. The summed E-state index contributed by atoms with van der Waals surface area (Å²) < 4.78 is 0. The Labute approximate surface area is 188 Å². The van der Waals surface area contributed by atoms with Gasteiger partial charge in [0.2, 0.25) is 0 Å². The van der Waals surface area contributed by atoms with Gasteiger partial charge in [0.15, 0.2) is 0 Å². The van der Waals surface area contributed by atoms with Crippen molar-refractivity contribution in [1.82, 2.24) is 0 Å². The molecular weight excluding hydrogens is 380 g/mol. The first-order valence-corrected chi connectivity index (χ1v) is 12.7. The minimum Gasteiger partial charge on any atom is -0.386 e. The van der Waals surface area contributed by atoms with Gasteiger partial charge in [-0.1, -0.05) is 56.3 Å². The minimum absolute atomic E-state index is 0.240. The second kappa shape index (κ2) is 7.58. The Morgan fingerprint density at radius 2 is 1.68 bits per heavy atom. The van der Waals surface area contributed by atoms with Gasteiger partial charge in [-0.15, -0.1) is 0 Å². The van der Waals surface area contributed by atoms with Crippen molar-refractivity contribution in [3.05, 3.63) is 42.0 Å². The summed E-state index contributed by atoms with van der Waals surface area (Å²) in [5.41, 5.74) is 1.10. The van der Waals surface area contributed by atoms with Gasteiger partial charge in [-0.25, -0.2) is 0 Å². The molecule has 2 unspecified atom stereocenters. The molecule has 4 saturated carbocycles. The Balaban J connectivity index is 1.34. The zero-order valence-electron chi connectivity index (χ0n) is 19.6. The molecule has 2 heteroatoms. The highest BCUT2D eigenvalue weighted by atomic mass is 16.3. The van der Waals surface area contributed by atoms with E-state index in [4.69, 9.17) is 0 Å². The van der Waals surface area contributed by atoms with Gasteiger partial charge in [0.1, 0.15) is 5.78 Å². The number of hydrogen-bond acceptors (Lipinski definition) is 2. The van der Waals surface area contributed by atoms with Crippen LogP contribution in [0.15, 0.2) is 36.4 Å². The van der Waals surface area contributed by atoms with Crippen LogP contribution in [0.4, 0.5) is 0 Å². The first kappa shape index (κ1) is 21.4. The van der Waals surface area contributed by atoms with Crippen LogP contribution < -0.4 is 0 Å². The molecule has 0 aromatic heterocycles. The molecule has 4 aliphatic rings. The van der Waals surface area contributed by atoms with Gasteiger partial charge in [-0.2, -0.15) is 0 Å². The molecule has 0 heterocycles. The van der Waals surface area contributed by atoms with Crippen molar-refractivity contribution in [3.63, 3.8) is 0 Å². The molecule has 1 N–H and O–H groups in total. The maximum atomic E-state index is 12.4. The van der Waals surface area contributed by atoms with Crippen LogP contribution in [-0.2, 0) is 4.79 Å². The number of Topliss-reactive ketones (excluding diaryl/α,β-unsaturated/α-hetero) is 1. The normalized spacial score (nSPS) is 46.9. The molecule has 4 aliphatic carbocycles. The second-order valence-electron chi connectivity index (χ2n) is 12.0. The van der Waals surface area contributed by atoms with E-state index in [1.54, 1.807) is 0 Å². The SMILES string of the molecule is CC(=O)[C@H]1CC[C@H]2[C@@H]3CCC4CC(O)(/C=C/c5ccccc5)CC[C@]4(C)[C@H]3CC[C@]12C. The Kier molecular flexibility index (Phi) is 5.24. The summed E-state index contributed by atoms with van der Waals surface area (Å²) in [6, 6.07) is 10.4. The number of fused-ring (bicyclic) bond motifs is 5. The van der Waals surface area contributed by atoms with Crippen molar-refractivity contribution in [1.29, 1.82) is 0 Å². The highest BCUT2D eigenvalue weighted by Gasteiger charge is 2.61. The van der Waals surface area contributed by atoms with E-state index in [1.807, 2.05) is 13.0 Å². The molecule has 0 aliphatic heterocycles. The Morgan fingerprint density at radius 3 is 2.42 bits per heavy atom. The lowest BCUT2D eigenvalue weighted by Crippen LogP contribution is -2.55. The molecule has 1 aromatic carbocycles. The topological polar surface area (TPSA) is 37.3 Å². The van der Waals surface area contributed by atoms with E-state index in [0.29, 0.717) is 23.0 Å². The quantitative estimate of drug-likeness (QED) is 0.592. The maximum absolute atomic E-state index is 12.4. The fraction of sp³-hybridized carbons (Fsp3) is 0.690. The maximum Gasteiger partial charge on any atom is 0.133 e. The van der Waals surface area contributed by atoms with Crippen LogP contribution in [0.1, 0.15) is 84.1 Å². The van der Waals surface area contributed by atoms with E-state index in [2.05, 4.69) is 50.3 Å². The van der Waals surface area contributed by atoms with Crippen molar-refractivity contribution in [2.24, 2.45) is 40.4 Å². The first-order valence-electron chi connectivity index (χ1n) is 12.7. The Hall–Kier alpha value is -1.41. The third kappa shape index (κ3) is 3.45. The van der Waals surface area contributed by atoms with E-state index >= 15 is 0 Å². The van der Waals surface area contributed by atoms with E-state index in [0.717, 1.165) is 43.4 Å². The number of rotatable bonds is 3. The molecule has 4 fully saturated rings. The van der Waals surface area contributed by atoms with Gasteiger partial charge in [0, 0.05) is 5.92 Å². The molecule has 31 heavy (non-hydrogen) atoms. The summed E-state index contributed by atoms with van der Waals surface area (Å²) in [6.45, 7) is 6.82. The molecule has 0 bridgehead atoms. The van der Waals surface area contributed by atoms with Crippen molar-refractivity contribution in [2.45, 2.75) is 84.2 Å². The van der Waals surface area contributed by atoms with E-state index in [1.165, 1.54) is 37.7 Å². The highest BCUT2D eigenvalue weighted by Crippen LogP contribution is 2.68. The first-order chi connectivity index (χ1) is 14.8. The average Bonchev–Trinajstić information content (AvgIpc) is 3.11. The van der Waals surface area contributed by atoms with Crippen LogP contribution in [-0.4, -0.2) is 16.5 Å². The summed E-state index contributed by atoms with van der Waals surface area (Å²) in [4.78, 5) is 12.4. The zero-order valence-corrected chi connectivity index (χ0v) is 19.6. The van der Waals surface area contributed by atoms with Crippen molar-refractivity contribution >= 4 is 11.9 Å². The second-order valence-corrected chi connectivity index (χ2v) is 12.0. The Morgan fingerprint density at radius 1 is 0.935 bits per heavy atom. The molecule has 0 saturated heterocycles. The number of carbonyl (C=O) groups is 1. The number of benzene rings is 1. The molecule has 1 aromatic rings. The van der Waals surface area contributed by atoms with Gasteiger partial charge in [0.05, 0.1) is 5.60 Å². The van der Waals surface area contributed by atoms with Gasteiger partial charge in [0.25, 0.3) is 0 Å². The smallest absolute Gasteiger partial charge is 0.133 e. The Bertz CT molecular complexity index is 859. The highest BCUT2D eigenvalue weighted by molar-refractivity contribution is 5.79. The molecule has 5 rings (SSSR count). The van der Waals surface area contributed by atoms with Crippen LogP contribution in [0, 0.1) is 40.4 Å². The number of hydrogen-bond donors (Lipinski definition) is 1. The standard InChI is InChI=1S/C29H40O2/c1-20(30)24-11-12-25-23-10-9-22-19-29(31,16-13-21-7-5-4-6-8-21)18-17-27(22,2)26(23)14-15-28(24,25)3/h4-8,13,16,22-26,31H,9-12,14-15,17-19H2,1-3H3/b16-13+/t22?,23-,24+,25-,26-,27-,28+,29?/m0/s1. The van der Waals surface area contributed by atoms with Crippen LogP contribution in [0.3, 0.4) is 0 Å². The number of carbonyl (C=O) groups excluding carboxylic acids is 1. The molecule has 0 amide bonds. The van der Waals surface area contributed by atoms with Crippen LogP contribution in [0.2, 0.25) is 0 Å². The zero-order chi connectivity index (χ0) is 21.9. The van der Waals surface area contributed by atoms with E-state index in [9.17, 15) is 9.90 Å². The van der Waals surface area contributed by atoms with Gasteiger partial charge in [-0.3, -0.25) is 4.79 Å². The fourth-order valence-corrected chi connectivity index (χ4v) is 8.91. The summed E-state index contributed by atoms with van der Waals surface area (Å²) in [5.74, 6) is 3.63. The summed E-state index contributed by atoms with van der Waals surface area (Å²) in [5, 5.41) is 11.4. The summed E-state index contributed by atoms with van der Waals surface area (Å²) >= 11 is 0. The van der Waals surface area contributed by atoms with Crippen LogP contribution in [0.25, 0.3) is 6.08 Å². The van der Waals surface area contributed by atoms with E-state index in [-0.39, 0.29) is 5.41 Å². The lowest BCUT2D eigenvalue weighted by molar-refractivity contribution is -0.145. The predicted molar refractivity (Wildman–Crippen MR) is 126 cm³/mol. The predicted octanol–water partition coefficient (Wildman–Crippen LogP) is 6.68. The lowest BCUT2D eigenvalue weighted by Gasteiger charge is -2.61. The molecular formula is C29H40O2. The largest absolute Gasteiger partial charge is 0.386 e. The minimum atomic E-state index is -0.664. The van der Waals surface area contributed by atoms with Gasteiger partial charge in [-0.05, 0) is 105 Å². The lowest BCUT2D eigenvalue weighted by atomic mass is 9.44. The number of ketones is 1. The molecule has 168 valence electrons.